The molecule has 0 aromatic heterocycles. The van der Waals surface area contributed by atoms with Crippen LogP contribution in [0.4, 0.5) is 5.69 Å². The summed E-state index contributed by atoms with van der Waals surface area (Å²) in [4.78, 5) is 25.4. The number of ether oxygens (including phenoxy) is 2. The second-order valence-electron chi connectivity index (χ2n) is 4.93. The van der Waals surface area contributed by atoms with Gasteiger partial charge in [-0.15, -0.1) is 6.58 Å². The number of anilines is 1. The first kappa shape index (κ1) is 17.3. The number of carbonyl (C=O) groups excluding carboxylic acids is 2. The number of amides is 1. The molecule has 0 heterocycles. The Morgan fingerprint density at radius 1 is 1.08 bits per heavy atom. The molecule has 24 heavy (non-hydrogen) atoms. The van der Waals surface area contributed by atoms with Crippen molar-refractivity contribution in [2.24, 2.45) is 0 Å². The zero-order valence-electron chi connectivity index (χ0n) is 13.5. The number of hydrogen-bond donors (Lipinski definition) is 0. The molecular formula is C19H19NO4. The van der Waals surface area contributed by atoms with Crippen LogP contribution in [0.25, 0.3) is 0 Å². The summed E-state index contributed by atoms with van der Waals surface area (Å²) in [7, 11) is 1.32. The molecule has 0 aliphatic rings. The van der Waals surface area contributed by atoms with Gasteiger partial charge in [0.05, 0.1) is 12.7 Å². The molecule has 0 saturated heterocycles. The van der Waals surface area contributed by atoms with Gasteiger partial charge in [0.15, 0.2) is 6.61 Å². The number of para-hydroxylation sites is 1. The van der Waals surface area contributed by atoms with Crippen molar-refractivity contribution in [2.75, 3.05) is 25.2 Å². The molecular weight excluding hydrogens is 306 g/mol. The molecule has 5 nitrogen and oxygen atoms in total. The van der Waals surface area contributed by atoms with Crippen LogP contribution in [0, 0.1) is 0 Å². The molecule has 0 unspecified atom stereocenters. The maximum absolute atomic E-state index is 12.4. The SMILES string of the molecule is C=CCN(C(=O)COc1ccc(C(=O)OC)cc1)c1ccccc1. The molecule has 0 aliphatic carbocycles. The number of methoxy groups -OCH3 is 1. The number of esters is 1. The van der Waals surface area contributed by atoms with Gasteiger partial charge in [0, 0.05) is 12.2 Å². The van der Waals surface area contributed by atoms with Crippen LogP contribution >= 0.6 is 0 Å². The first-order chi connectivity index (χ1) is 11.7. The van der Waals surface area contributed by atoms with Crippen molar-refractivity contribution in [3.05, 3.63) is 72.8 Å². The monoisotopic (exact) mass is 325 g/mol. The second-order valence-corrected chi connectivity index (χ2v) is 4.93. The molecule has 0 spiro atoms. The Labute approximate surface area is 141 Å². The minimum Gasteiger partial charge on any atom is -0.484 e. The first-order valence-corrected chi connectivity index (χ1v) is 7.43. The third-order valence-corrected chi connectivity index (χ3v) is 3.32. The highest BCUT2D eigenvalue weighted by Crippen LogP contribution is 2.16. The van der Waals surface area contributed by atoms with E-state index in [0.29, 0.717) is 17.9 Å². The number of benzene rings is 2. The first-order valence-electron chi connectivity index (χ1n) is 7.43. The van der Waals surface area contributed by atoms with E-state index in [1.165, 1.54) is 7.11 Å². The third-order valence-electron chi connectivity index (χ3n) is 3.32. The van der Waals surface area contributed by atoms with Gasteiger partial charge in [-0.25, -0.2) is 4.79 Å². The van der Waals surface area contributed by atoms with Gasteiger partial charge in [0.1, 0.15) is 5.75 Å². The molecule has 0 aliphatic heterocycles. The number of hydrogen-bond acceptors (Lipinski definition) is 4. The van der Waals surface area contributed by atoms with Gasteiger partial charge in [0.25, 0.3) is 5.91 Å². The molecule has 0 radical (unpaired) electrons. The van der Waals surface area contributed by atoms with E-state index in [0.717, 1.165) is 5.69 Å². The van der Waals surface area contributed by atoms with Gasteiger partial charge in [-0.2, -0.15) is 0 Å². The Morgan fingerprint density at radius 3 is 2.33 bits per heavy atom. The smallest absolute Gasteiger partial charge is 0.337 e. The van der Waals surface area contributed by atoms with E-state index in [4.69, 9.17) is 4.74 Å². The summed E-state index contributed by atoms with van der Waals surface area (Å²) in [5.74, 6) is -0.0976. The lowest BCUT2D eigenvalue weighted by atomic mass is 10.2. The molecule has 0 atom stereocenters. The lowest BCUT2D eigenvalue weighted by Crippen LogP contribution is -2.35. The number of nitrogens with zero attached hydrogens (tertiary/aromatic N) is 1. The highest BCUT2D eigenvalue weighted by molar-refractivity contribution is 5.94. The number of rotatable bonds is 7. The molecule has 124 valence electrons. The molecule has 0 saturated carbocycles. The molecule has 1 amide bonds. The van der Waals surface area contributed by atoms with Crippen molar-refractivity contribution >= 4 is 17.6 Å². The van der Waals surface area contributed by atoms with E-state index in [1.54, 1.807) is 35.2 Å². The molecule has 0 N–H and O–H groups in total. The summed E-state index contributed by atoms with van der Waals surface area (Å²) >= 11 is 0. The van der Waals surface area contributed by atoms with E-state index >= 15 is 0 Å². The third kappa shape index (κ3) is 4.46. The minimum atomic E-state index is -0.418. The molecule has 2 aromatic rings. The van der Waals surface area contributed by atoms with Crippen LogP contribution in [0.2, 0.25) is 0 Å². The normalized spacial score (nSPS) is 9.88. The van der Waals surface area contributed by atoms with Gasteiger partial charge in [0.2, 0.25) is 0 Å². The summed E-state index contributed by atoms with van der Waals surface area (Å²) in [5, 5.41) is 0. The summed E-state index contributed by atoms with van der Waals surface area (Å²) in [6.07, 6.45) is 1.66. The van der Waals surface area contributed by atoms with Crippen molar-refractivity contribution in [3.63, 3.8) is 0 Å². The second kappa shape index (κ2) is 8.53. The maximum Gasteiger partial charge on any atom is 0.337 e. The average molecular weight is 325 g/mol. The van der Waals surface area contributed by atoms with Gasteiger partial charge in [-0.05, 0) is 36.4 Å². The summed E-state index contributed by atoms with van der Waals surface area (Å²) in [5.41, 5.74) is 1.21. The van der Waals surface area contributed by atoms with Crippen LogP contribution in [0.3, 0.4) is 0 Å². The zero-order chi connectivity index (χ0) is 17.4. The van der Waals surface area contributed by atoms with Gasteiger partial charge < -0.3 is 14.4 Å². The maximum atomic E-state index is 12.4. The van der Waals surface area contributed by atoms with E-state index in [1.807, 2.05) is 30.3 Å². The van der Waals surface area contributed by atoms with Crippen LogP contribution in [0.5, 0.6) is 5.75 Å². The van der Waals surface area contributed by atoms with Crippen molar-refractivity contribution in [3.8, 4) is 5.75 Å². The molecule has 0 bridgehead atoms. The van der Waals surface area contributed by atoms with Crippen LogP contribution in [-0.2, 0) is 9.53 Å². The van der Waals surface area contributed by atoms with Crippen molar-refractivity contribution < 1.29 is 19.1 Å². The lowest BCUT2D eigenvalue weighted by Gasteiger charge is -2.21. The largest absolute Gasteiger partial charge is 0.484 e. The Morgan fingerprint density at radius 2 is 1.75 bits per heavy atom. The fourth-order valence-electron chi connectivity index (χ4n) is 2.12. The molecule has 5 heteroatoms. The van der Waals surface area contributed by atoms with Gasteiger partial charge in [-0.1, -0.05) is 24.3 Å². The molecule has 2 aromatic carbocycles. The summed E-state index contributed by atoms with van der Waals surface area (Å²) in [6, 6.07) is 15.8. The van der Waals surface area contributed by atoms with Crippen LogP contribution in [-0.4, -0.2) is 32.1 Å². The predicted octanol–water partition coefficient (Wildman–Crippen LogP) is 3.07. The van der Waals surface area contributed by atoms with Crippen LogP contribution in [0.15, 0.2) is 67.3 Å². The van der Waals surface area contributed by atoms with E-state index < -0.39 is 5.97 Å². The fraction of sp³-hybridized carbons (Fsp3) is 0.158. The highest BCUT2D eigenvalue weighted by Gasteiger charge is 2.15. The quantitative estimate of drug-likeness (QED) is 0.580. The summed E-state index contributed by atoms with van der Waals surface area (Å²) in [6.45, 7) is 3.97. The molecule has 0 fully saturated rings. The fourth-order valence-corrected chi connectivity index (χ4v) is 2.12. The van der Waals surface area contributed by atoms with Gasteiger partial charge in [-0.3, -0.25) is 4.79 Å². The summed E-state index contributed by atoms with van der Waals surface area (Å²) < 4.78 is 10.1. The lowest BCUT2D eigenvalue weighted by molar-refractivity contribution is -0.120. The standard InChI is InChI=1S/C19H19NO4/c1-3-13-20(16-7-5-4-6-8-16)18(21)14-24-17-11-9-15(10-12-17)19(22)23-2/h3-12H,1,13-14H2,2H3. The average Bonchev–Trinajstić information content (AvgIpc) is 2.64. The zero-order valence-corrected chi connectivity index (χ0v) is 13.5. The van der Waals surface area contributed by atoms with Crippen molar-refractivity contribution in [2.45, 2.75) is 0 Å². The van der Waals surface area contributed by atoms with Crippen LogP contribution in [0.1, 0.15) is 10.4 Å². The molecule has 2 rings (SSSR count). The van der Waals surface area contributed by atoms with Crippen LogP contribution < -0.4 is 9.64 Å². The Hall–Kier alpha value is -3.08. The Bertz CT molecular complexity index is 695. The number of carbonyl (C=O) groups is 2. The van der Waals surface area contributed by atoms with E-state index in [-0.39, 0.29) is 12.5 Å². The van der Waals surface area contributed by atoms with Crippen molar-refractivity contribution in [1.82, 2.24) is 0 Å². The minimum absolute atomic E-state index is 0.111. The van der Waals surface area contributed by atoms with Crippen molar-refractivity contribution in [1.29, 1.82) is 0 Å². The van der Waals surface area contributed by atoms with E-state index in [9.17, 15) is 9.59 Å². The van der Waals surface area contributed by atoms with Gasteiger partial charge >= 0.3 is 5.97 Å². The Kier molecular flexibility index (Phi) is 6.14. The van der Waals surface area contributed by atoms with E-state index in [2.05, 4.69) is 11.3 Å². The predicted molar refractivity (Wildman–Crippen MR) is 92.3 cm³/mol. The Balaban J connectivity index is 2.00. The topological polar surface area (TPSA) is 55.8 Å². The highest BCUT2D eigenvalue weighted by atomic mass is 16.5.